The second-order valence-electron chi connectivity index (χ2n) is 9.46. The Balaban J connectivity index is 0.00000228. The molecule has 2 aliphatic heterocycles. The minimum absolute atomic E-state index is 0. The molecule has 4 N–H and O–H groups in total. The number of nitrogens with one attached hydrogen (secondary N) is 3. The Morgan fingerprint density at radius 1 is 1.03 bits per heavy atom. The Labute approximate surface area is 250 Å². The smallest absolute Gasteiger partial charge is 0.305 e. The fourth-order valence-corrected chi connectivity index (χ4v) is 5.04. The van der Waals surface area contributed by atoms with Crippen molar-refractivity contribution in [2.45, 2.75) is 45.1 Å². The monoisotopic (exact) mass is 710 g/mol. The summed E-state index contributed by atoms with van der Waals surface area (Å²) in [5.41, 5.74) is 2.43. The number of aryl methyl sites for hydroxylation is 2. The van der Waals surface area contributed by atoms with E-state index in [2.05, 4.69) is 25.4 Å². The third-order valence-electron chi connectivity index (χ3n) is 7.01. The Hall–Kier alpha value is -1.05. The highest BCUT2D eigenvalue weighted by molar-refractivity contribution is 8.93. The van der Waals surface area contributed by atoms with Gasteiger partial charge >= 0.3 is 5.97 Å². The largest absolute Gasteiger partial charge is 0.481 e. The third kappa shape index (κ3) is 10.2. The molecular weight excluding hydrogens is 672 g/mol. The number of hydrogen-bond donors (Lipinski definition) is 4. The van der Waals surface area contributed by atoms with Gasteiger partial charge in [-0.15, -0.1) is 50.9 Å². The second-order valence-corrected chi connectivity index (χ2v) is 9.46. The normalized spacial score (nSPS) is 16.3. The number of carbonyl (C=O) groups excluding carboxylic acids is 1. The van der Waals surface area contributed by atoms with Crippen molar-refractivity contribution >= 4 is 73.9 Å². The first-order valence-corrected chi connectivity index (χ1v) is 12.7. The highest BCUT2D eigenvalue weighted by Gasteiger charge is 2.18. The lowest BCUT2D eigenvalue weighted by Gasteiger charge is -2.27. The van der Waals surface area contributed by atoms with Crippen molar-refractivity contribution in [2.24, 2.45) is 5.92 Å². The number of fused-ring (bicyclic) bond motifs is 1. The van der Waals surface area contributed by atoms with Crippen LogP contribution in [0.3, 0.4) is 0 Å². The van der Waals surface area contributed by atoms with Crippen molar-refractivity contribution in [1.82, 2.24) is 30.4 Å². The summed E-state index contributed by atoms with van der Waals surface area (Å²) in [6.07, 6.45) is 5.53. The fourth-order valence-electron chi connectivity index (χ4n) is 5.04. The van der Waals surface area contributed by atoms with Crippen molar-refractivity contribution < 1.29 is 14.7 Å². The average molecular weight is 713 g/mol. The van der Waals surface area contributed by atoms with E-state index in [0.29, 0.717) is 5.56 Å². The predicted molar refractivity (Wildman–Crippen MR) is 163 cm³/mol. The standard InChI is InChI=1S/C25H38N6O3.3BrH/c32-24(33)8-11-28-25(34)20-3-4-22-21(18-20)29-23(5-2-19-6-9-26-10-7-19)31(22)15-1-14-30-16-12-27-13-17-30;;;/h3-4,18-19,26-27H,1-2,5-17H2,(H,28,34)(H,32,33);3*1H. The van der Waals surface area contributed by atoms with Crippen LogP contribution < -0.4 is 16.0 Å². The summed E-state index contributed by atoms with van der Waals surface area (Å²) in [6, 6.07) is 5.66. The van der Waals surface area contributed by atoms with E-state index in [1.54, 1.807) is 0 Å². The zero-order chi connectivity index (χ0) is 23.8. The number of carbonyl (C=O) groups is 2. The van der Waals surface area contributed by atoms with Crippen LogP contribution >= 0.6 is 50.9 Å². The molecule has 1 aromatic carbocycles. The van der Waals surface area contributed by atoms with Gasteiger partial charge in [0.15, 0.2) is 0 Å². The van der Waals surface area contributed by atoms with E-state index in [9.17, 15) is 9.59 Å². The average Bonchev–Trinajstić information content (AvgIpc) is 3.20. The molecule has 0 aliphatic carbocycles. The van der Waals surface area contributed by atoms with E-state index in [4.69, 9.17) is 10.1 Å². The lowest BCUT2D eigenvalue weighted by atomic mass is 9.93. The number of piperidine rings is 1. The van der Waals surface area contributed by atoms with Gasteiger partial charge in [-0.3, -0.25) is 9.59 Å². The van der Waals surface area contributed by atoms with Crippen molar-refractivity contribution in [1.29, 1.82) is 0 Å². The fraction of sp³-hybridized carbons (Fsp3) is 0.640. The highest BCUT2D eigenvalue weighted by Crippen LogP contribution is 2.23. The minimum atomic E-state index is -0.922. The molecule has 0 spiro atoms. The van der Waals surface area contributed by atoms with Crippen molar-refractivity contribution in [2.75, 3.05) is 52.4 Å². The maximum absolute atomic E-state index is 12.5. The zero-order valence-electron chi connectivity index (χ0n) is 21.2. The van der Waals surface area contributed by atoms with Crippen LogP contribution in [0.5, 0.6) is 0 Å². The van der Waals surface area contributed by atoms with Gasteiger partial charge < -0.3 is 30.5 Å². The van der Waals surface area contributed by atoms with Crippen molar-refractivity contribution in [3.05, 3.63) is 29.6 Å². The van der Waals surface area contributed by atoms with Gasteiger partial charge in [0.2, 0.25) is 0 Å². The summed E-state index contributed by atoms with van der Waals surface area (Å²) in [7, 11) is 0. The molecule has 2 fully saturated rings. The SMILES string of the molecule is Br.Br.Br.O=C(O)CCNC(=O)c1ccc2c(c1)nc(CCC1CCNCC1)n2CCCN1CCNCC1. The molecule has 210 valence electrons. The second kappa shape index (κ2) is 17.5. The van der Waals surface area contributed by atoms with Gasteiger partial charge in [-0.1, -0.05) is 0 Å². The summed E-state index contributed by atoms with van der Waals surface area (Å²) >= 11 is 0. The van der Waals surface area contributed by atoms with E-state index in [0.717, 1.165) is 94.4 Å². The Bertz CT molecular complexity index is 978. The van der Waals surface area contributed by atoms with Crippen LogP contribution in [0.4, 0.5) is 0 Å². The van der Waals surface area contributed by atoms with Gasteiger partial charge in [-0.05, 0) is 69.4 Å². The van der Waals surface area contributed by atoms with Crippen LogP contribution in [0.15, 0.2) is 18.2 Å². The third-order valence-corrected chi connectivity index (χ3v) is 7.01. The number of aliphatic carboxylic acids is 1. The van der Waals surface area contributed by atoms with Crippen LogP contribution in [-0.4, -0.2) is 83.8 Å². The molecular formula is C25H41Br3N6O3. The van der Waals surface area contributed by atoms with Crippen LogP contribution in [0.25, 0.3) is 11.0 Å². The Kier molecular flexibility index (Phi) is 16.1. The molecule has 37 heavy (non-hydrogen) atoms. The van der Waals surface area contributed by atoms with Gasteiger partial charge in [-0.2, -0.15) is 0 Å². The van der Waals surface area contributed by atoms with Crippen LogP contribution in [-0.2, 0) is 17.8 Å². The molecule has 4 rings (SSSR count). The number of rotatable bonds is 11. The lowest BCUT2D eigenvalue weighted by molar-refractivity contribution is -0.136. The number of benzene rings is 1. The molecule has 2 aromatic rings. The summed E-state index contributed by atoms with van der Waals surface area (Å²) < 4.78 is 2.35. The maximum Gasteiger partial charge on any atom is 0.305 e. The van der Waals surface area contributed by atoms with Crippen LogP contribution in [0.1, 0.15) is 48.3 Å². The number of aromatic nitrogens is 2. The number of amides is 1. The molecule has 0 atom stereocenters. The molecule has 0 radical (unpaired) electrons. The molecule has 3 heterocycles. The quantitative estimate of drug-likeness (QED) is 0.283. The number of carboxylic acid groups (broad SMARTS) is 1. The molecule has 0 bridgehead atoms. The summed E-state index contributed by atoms with van der Waals surface area (Å²) in [6.45, 7) is 8.67. The molecule has 2 saturated heterocycles. The summed E-state index contributed by atoms with van der Waals surface area (Å²) in [5.74, 6) is 0.671. The van der Waals surface area contributed by atoms with E-state index in [1.165, 1.54) is 12.8 Å². The zero-order valence-corrected chi connectivity index (χ0v) is 26.4. The number of halogens is 3. The predicted octanol–water partition coefficient (Wildman–Crippen LogP) is 3.20. The topological polar surface area (TPSA) is 112 Å². The molecule has 1 amide bonds. The first-order chi connectivity index (χ1) is 16.6. The number of imidazole rings is 1. The number of piperazine rings is 1. The summed E-state index contributed by atoms with van der Waals surface area (Å²) in [4.78, 5) is 30.7. The molecule has 9 nitrogen and oxygen atoms in total. The lowest BCUT2D eigenvalue weighted by Crippen LogP contribution is -2.43. The van der Waals surface area contributed by atoms with Gasteiger partial charge in [0.25, 0.3) is 5.91 Å². The molecule has 12 heteroatoms. The first-order valence-electron chi connectivity index (χ1n) is 12.7. The Morgan fingerprint density at radius 3 is 2.43 bits per heavy atom. The highest BCUT2D eigenvalue weighted by atomic mass is 79.9. The number of nitrogens with zero attached hydrogens (tertiary/aromatic N) is 3. The Morgan fingerprint density at radius 2 is 1.73 bits per heavy atom. The van der Waals surface area contributed by atoms with Crippen LogP contribution in [0, 0.1) is 5.92 Å². The molecule has 2 aliphatic rings. The van der Waals surface area contributed by atoms with Gasteiger partial charge in [-0.25, -0.2) is 4.98 Å². The molecule has 0 saturated carbocycles. The first kappa shape index (κ1) is 34.0. The minimum Gasteiger partial charge on any atom is -0.481 e. The summed E-state index contributed by atoms with van der Waals surface area (Å²) in [5, 5.41) is 18.3. The number of hydrogen-bond acceptors (Lipinski definition) is 6. The van der Waals surface area contributed by atoms with Crippen molar-refractivity contribution in [3.63, 3.8) is 0 Å². The van der Waals surface area contributed by atoms with E-state index >= 15 is 0 Å². The number of carboxylic acids is 1. The van der Waals surface area contributed by atoms with Crippen LogP contribution in [0.2, 0.25) is 0 Å². The van der Waals surface area contributed by atoms with Gasteiger partial charge in [0, 0.05) is 51.3 Å². The van der Waals surface area contributed by atoms with Gasteiger partial charge in [0.1, 0.15) is 5.82 Å². The molecule has 0 unspecified atom stereocenters. The van der Waals surface area contributed by atoms with E-state index < -0.39 is 5.97 Å². The molecule has 1 aromatic heterocycles. The van der Waals surface area contributed by atoms with E-state index in [-0.39, 0.29) is 69.8 Å². The van der Waals surface area contributed by atoms with Crippen molar-refractivity contribution in [3.8, 4) is 0 Å². The van der Waals surface area contributed by atoms with Gasteiger partial charge in [0.05, 0.1) is 17.5 Å². The maximum atomic E-state index is 12.5. The van der Waals surface area contributed by atoms with E-state index in [1.807, 2.05) is 18.2 Å².